The predicted octanol–water partition coefficient (Wildman–Crippen LogP) is 2.78. The summed E-state index contributed by atoms with van der Waals surface area (Å²) in [4.78, 5) is 24.5. The normalized spacial score (nSPS) is 14.3. The Balaban J connectivity index is 2.00. The number of amides is 1. The summed E-state index contributed by atoms with van der Waals surface area (Å²) in [6, 6.07) is 6.63. The molecule has 2 rings (SSSR count). The van der Waals surface area contributed by atoms with Crippen molar-refractivity contribution in [3.8, 4) is 0 Å². The van der Waals surface area contributed by atoms with E-state index in [2.05, 4.69) is 13.8 Å². The molecule has 20 heavy (non-hydrogen) atoms. The van der Waals surface area contributed by atoms with Crippen molar-refractivity contribution in [2.45, 2.75) is 39.2 Å². The fraction of sp³-hybridized carbons (Fsp3) is 0.533. The second kappa shape index (κ2) is 6.03. The van der Waals surface area contributed by atoms with Crippen molar-refractivity contribution >= 4 is 11.6 Å². The van der Waals surface area contributed by atoms with Crippen LogP contribution < -0.4 is 0 Å². The molecule has 0 atom stereocenters. The van der Waals surface area contributed by atoms with E-state index in [9.17, 15) is 14.9 Å². The Morgan fingerprint density at radius 2 is 1.95 bits per heavy atom. The Bertz CT molecular complexity index is 492. The number of carbonyl (C=O) groups is 1. The van der Waals surface area contributed by atoms with Crippen molar-refractivity contribution in [1.29, 1.82) is 0 Å². The molecule has 1 saturated carbocycles. The topological polar surface area (TPSA) is 63.5 Å². The van der Waals surface area contributed by atoms with Gasteiger partial charge in [0, 0.05) is 24.7 Å². The van der Waals surface area contributed by atoms with Crippen LogP contribution in [0.5, 0.6) is 0 Å². The molecule has 1 aromatic carbocycles. The molecule has 1 aliphatic carbocycles. The highest BCUT2D eigenvalue weighted by molar-refractivity contribution is 5.79. The van der Waals surface area contributed by atoms with Crippen LogP contribution in [0.25, 0.3) is 0 Å². The van der Waals surface area contributed by atoms with Gasteiger partial charge in [0.05, 0.1) is 11.3 Å². The third kappa shape index (κ3) is 3.79. The molecule has 0 bridgehead atoms. The maximum absolute atomic E-state index is 12.3. The number of non-ortho nitro benzene ring substituents is 1. The first-order valence-electron chi connectivity index (χ1n) is 7.00. The summed E-state index contributed by atoms with van der Waals surface area (Å²) in [6.07, 6.45) is 2.51. The van der Waals surface area contributed by atoms with Gasteiger partial charge in [-0.15, -0.1) is 0 Å². The van der Waals surface area contributed by atoms with E-state index in [4.69, 9.17) is 0 Å². The van der Waals surface area contributed by atoms with Gasteiger partial charge in [0.1, 0.15) is 0 Å². The van der Waals surface area contributed by atoms with E-state index in [1.54, 1.807) is 12.1 Å². The average molecular weight is 276 g/mol. The lowest BCUT2D eigenvalue weighted by Crippen LogP contribution is -2.37. The second-order valence-electron chi connectivity index (χ2n) is 5.77. The Labute approximate surface area is 118 Å². The van der Waals surface area contributed by atoms with E-state index in [-0.39, 0.29) is 11.6 Å². The van der Waals surface area contributed by atoms with Crippen LogP contribution in [0.3, 0.4) is 0 Å². The lowest BCUT2D eigenvalue weighted by Gasteiger charge is -2.24. The molecule has 0 aromatic heterocycles. The number of nitro benzene ring substituents is 1. The highest BCUT2D eigenvalue weighted by Gasteiger charge is 2.32. The van der Waals surface area contributed by atoms with E-state index in [1.807, 2.05) is 4.90 Å². The van der Waals surface area contributed by atoms with Crippen molar-refractivity contribution in [1.82, 2.24) is 4.90 Å². The zero-order valence-electron chi connectivity index (χ0n) is 11.9. The van der Waals surface area contributed by atoms with E-state index in [0.717, 1.165) is 24.9 Å². The van der Waals surface area contributed by atoms with E-state index < -0.39 is 4.92 Å². The molecule has 0 radical (unpaired) electrons. The summed E-state index contributed by atoms with van der Waals surface area (Å²) in [6.45, 7) is 5.00. The predicted molar refractivity (Wildman–Crippen MR) is 76.4 cm³/mol. The van der Waals surface area contributed by atoms with E-state index in [0.29, 0.717) is 18.4 Å². The van der Waals surface area contributed by atoms with Gasteiger partial charge in [-0.05, 0) is 24.3 Å². The van der Waals surface area contributed by atoms with Gasteiger partial charge in [-0.1, -0.05) is 26.0 Å². The van der Waals surface area contributed by atoms with Gasteiger partial charge in [0.25, 0.3) is 5.69 Å². The van der Waals surface area contributed by atoms with Gasteiger partial charge in [-0.3, -0.25) is 14.9 Å². The van der Waals surface area contributed by atoms with Crippen LogP contribution in [0, 0.1) is 16.0 Å². The van der Waals surface area contributed by atoms with Gasteiger partial charge < -0.3 is 4.90 Å². The van der Waals surface area contributed by atoms with Crippen LogP contribution in [0.15, 0.2) is 24.3 Å². The summed E-state index contributed by atoms with van der Waals surface area (Å²) in [7, 11) is 0. The molecule has 0 saturated heterocycles. The number of rotatable bonds is 6. The molecular formula is C15H20N2O3. The fourth-order valence-corrected chi connectivity index (χ4v) is 2.25. The van der Waals surface area contributed by atoms with Crippen molar-refractivity contribution in [2.24, 2.45) is 5.92 Å². The number of benzene rings is 1. The molecule has 1 aromatic rings. The average Bonchev–Trinajstić information content (AvgIpc) is 3.20. The third-order valence-corrected chi connectivity index (χ3v) is 3.37. The maximum Gasteiger partial charge on any atom is 0.269 e. The monoisotopic (exact) mass is 276 g/mol. The molecule has 5 heteroatoms. The summed E-state index contributed by atoms with van der Waals surface area (Å²) in [5.41, 5.74) is 0.887. The molecule has 0 aliphatic heterocycles. The van der Waals surface area contributed by atoms with E-state index in [1.165, 1.54) is 12.1 Å². The zero-order chi connectivity index (χ0) is 14.7. The Kier molecular flexibility index (Phi) is 4.37. The smallest absolute Gasteiger partial charge is 0.269 e. The van der Waals surface area contributed by atoms with Gasteiger partial charge in [-0.2, -0.15) is 0 Å². The minimum Gasteiger partial charge on any atom is -0.339 e. The molecule has 1 aliphatic rings. The fourth-order valence-electron chi connectivity index (χ4n) is 2.25. The standard InChI is InChI=1S/C15H20N2O3/c1-11(2)10-16(13-7-8-13)15(18)9-12-3-5-14(6-4-12)17(19)20/h3-6,11,13H,7-10H2,1-2H3. The maximum atomic E-state index is 12.3. The van der Waals surface area contributed by atoms with Crippen LogP contribution in [-0.2, 0) is 11.2 Å². The summed E-state index contributed by atoms with van der Waals surface area (Å²) in [5.74, 6) is 0.575. The minimum absolute atomic E-state index is 0.0578. The van der Waals surface area contributed by atoms with Crippen LogP contribution in [-0.4, -0.2) is 28.3 Å². The first kappa shape index (κ1) is 14.5. The third-order valence-electron chi connectivity index (χ3n) is 3.37. The first-order valence-corrected chi connectivity index (χ1v) is 7.00. The first-order chi connectivity index (χ1) is 9.47. The summed E-state index contributed by atoms with van der Waals surface area (Å²) < 4.78 is 0. The largest absolute Gasteiger partial charge is 0.339 e. The van der Waals surface area contributed by atoms with Crippen LogP contribution in [0.4, 0.5) is 5.69 Å². The van der Waals surface area contributed by atoms with Gasteiger partial charge in [0.2, 0.25) is 5.91 Å². The lowest BCUT2D eigenvalue weighted by molar-refractivity contribution is -0.384. The van der Waals surface area contributed by atoms with Crippen molar-refractivity contribution in [2.75, 3.05) is 6.54 Å². The molecule has 0 heterocycles. The molecule has 5 nitrogen and oxygen atoms in total. The number of hydrogen-bond acceptors (Lipinski definition) is 3. The summed E-state index contributed by atoms with van der Waals surface area (Å²) in [5, 5.41) is 10.6. The Morgan fingerprint density at radius 3 is 2.40 bits per heavy atom. The minimum atomic E-state index is -0.430. The molecule has 108 valence electrons. The highest BCUT2D eigenvalue weighted by atomic mass is 16.6. The quantitative estimate of drug-likeness (QED) is 0.593. The Hall–Kier alpha value is -1.91. The number of carbonyl (C=O) groups excluding carboxylic acids is 1. The SMILES string of the molecule is CC(C)CN(C(=O)Cc1ccc([N+](=O)[O-])cc1)C1CC1. The van der Waals surface area contributed by atoms with E-state index >= 15 is 0 Å². The molecule has 0 spiro atoms. The van der Waals surface area contributed by atoms with Crippen molar-refractivity contribution < 1.29 is 9.72 Å². The van der Waals surface area contributed by atoms with Gasteiger partial charge in [0.15, 0.2) is 0 Å². The number of nitro groups is 1. The van der Waals surface area contributed by atoms with Gasteiger partial charge in [-0.25, -0.2) is 0 Å². The molecule has 0 unspecified atom stereocenters. The second-order valence-corrected chi connectivity index (χ2v) is 5.77. The molecule has 0 N–H and O–H groups in total. The van der Waals surface area contributed by atoms with Crippen molar-refractivity contribution in [3.05, 3.63) is 39.9 Å². The number of hydrogen-bond donors (Lipinski definition) is 0. The Morgan fingerprint density at radius 1 is 1.35 bits per heavy atom. The highest BCUT2D eigenvalue weighted by Crippen LogP contribution is 2.28. The molecule has 1 fully saturated rings. The van der Waals surface area contributed by atoms with Crippen LogP contribution >= 0.6 is 0 Å². The molecule has 1 amide bonds. The molecular weight excluding hydrogens is 256 g/mol. The summed E-state index contributed by atoms with van der Waals surface area (Å²) >= 11 is 0. The zero-order valence-corrected chi connectivity index (χ0v) is 11.9. The van der Waals surface area contributed by atoms with Crippen LogP contribution in [0.1, 0.15) is 32.3 Å². The van der Waals surface area contributed by atoms with Crippen molar-refractivity contribution in [3.63, 3.8) is 0 Å². The number of nitrogens with zero attached hydrogens (tertiary/aromatic N) is 2. The van der Waals surface area contributed by atoms with Crippen LogP contribution in [0.2, 0.25) is 0 Å². The lowest BCUT2D eigenvalue weighted by atomic mass is 10.1. The van der Waals surface area contributed by atoms with Gasteiger partial charge >= 0.3 is 0 Å².